The lowest BCUT2D eigenvalue weighted by Gasteiger charge is -2.31. The number of carbonyl (C=O) groups excluding carboxylic acids is 2. The molecule has 0 radical (unpaired) electrons. The first kappa shape index (κ1) is 39.4. The second kappa shape index (κ2) is 21.9. The van der Waals surface area contributed by atoms with Gasteiger partial charge in [-0.25, -0.2) is 0 Å². The van der Waals surface area contributed by atoms with Crippen molar-refractivity contribution >= 4 is 23.5 Å². The first-order valence-corrected chi connectivity index (χ1v) is 18.0. The highest BCUT2D eigenvalue weighted by molar-refractivity contribution is 7.99. The molecule has 0 aliphatic heterocycles. The number of aliphatic hydroxyl groups is 3. The van der Waals surface area contributed by atoms with Crippen LogP contribution in [-0.2, 0) is 36.8 Å². The maximum Gasteiger partial charge on any atom is 0.312 e. The third-order valence-electron chi connectivity index (χ3n) is 8.59. The van der Waals surface area contributed by atoms with Crippen molar-refractivity contribution in [3.8, 4) is 0 Å². The molecule has 256 valence electrons. The van der Waals surface area contributed by atoms with Crippen molar-refractivity contribution < 1.29 is 39.1 Å². The summed E-state index contributed by atoms with van der Waals surface area (Å²) in [5, 5.41) is 31.3. The van der Waals surface area contributed by atoms with Gasteiger partial charge in [0.2, 0.25) is 0 Å². The molecular formula is C36H58O8S. The van der Waals surface area contributed by atoms with E-state index in [9.17, 15) is 24.9 Å². The number of ether oxygens (including phenoxy) is 3. The van der Waals surface area contributed by atoms with Crippen molar-refractivity contribution in [1.29, 1.82) is 0 Å². The molecule has 3 N–H and O–H groups in total. The number of aliphatic hydroxyl groups excluding tert-OH is 3. The summed E-state index contributed by atoms with van der Waals surface area (Å²) in [5.41, 5.74) is 1.63. The minimum atomic E-state index is -0.911. The largest absolute Gasteiger partial charge is 0.463 e. The van der Waals surface area contributed by atoms with Gasteiger partial charge in [0.1, 0.15) is 12.4 Å². The normalized spacial score (nSPS) is 20.2. The van der Waals surface area contributed by atoms with Crippen LogP contribution in [0.1, 0.15) is 96.1 Å². The van der Waals surface area contributed by atoms with Gasteiger partial charge in [-0.1, -0.05) is 76.5 Å². The second-order valence-electron chi connectivity index (χ2n) is 12.4. The van der Waals surface area contributed by atoms with Gasteiger partial charge in [-0.3, -0.25) is 9.59 Å². The fraction of sp³-hybridized carbons (Fsp3) is 0.722. The minimum Gasteiger partial charge on any atom is -0.463 e. The van der Waals surface area contributed by atoms with Crippen molar-refractivity contribution in [3.05, 3.63) is 47.5 Å². The van der Waals surface area contributed by atoms with Crippen molar-refractivity contribution in [2.75, 3.05) is 31.8 Å². The van der Waals surface area contributed by atoms with Gasteiger partial charge in [-0.15, -0.1) is 0 Å². The van der Waals surface area contributed by atoms with Gasteiger partial charge in [-0.05, 0) is 61.2 Å². The molecule has 2 unspecified atom stereocenters. The first-order chi connectivity index (χ1) is 21.7. The van der Waals surface area contributed by atoms with Crippen LogP contribution < -0.4 is 0 Å². The molecule has 8 nitrogen and oxygen atoms in total. The number of carbonyl (C=O) groups is 2. The smallest absolute Gasteiger partial charge is 0.312 e. The third kappa shape index (κ3) is 13.9. The lowest BCUT2D eigenvalue weighted by atomic mass is 9.75. The zero-order valence-electron chi connectivity index (χ0n) is 28.0. The molecule has 5 atom stereocenters. The number of hydrogen-bond acceptors (Lipinski definition) is 9. The second-order valence-corrected chi connectivity index (χ2v) is 13.6. The maximum atomic E-state index is 12.9. The molecular weight excluding hydrogens is 592 g/mol. The molecule has 0 amide bonds. The molecule has 45 heavy (non-hydrogen) atoms. The Morgan fingerprint density at radius 2 is 1.76 bits per heavy atom. The van der Waals surface area contributed by atoms with E-state index in [1.54, 1.807) is 24.9 Å². The summed E-state index contributed by atoms with van der Waals surface area (Å²) < 4.78 is 16.2. The Kier molecular flexibility index (Phi) is 19.2. The summed E-state index contributed by atoms with van der Waals surface area (Å²) in [7, 11) is 1.65. The minimum absolute atomic E-state index is 0.0698. The van der Waals surface area contributed by atoms with Crippen molar-refractivity contribution in [1.82, 2.24) is 0 Å². The molecule has 0 bridgehead atoms. The van der Waals surface area contributed by atoms with E-state index < -0.39 is 23.9 Å². The Bertz CT molecular complexity index is 998. The predicted octanol–water partition coefficient (Wildman–Crippen LogP) is 6.03. The molecule has 0 aromatic heterocycles. The van der Waals surface area contributed by atoms with E-state index >= 15 is 0 Å². The van der Waals surface area contributed by atoms with Gasteiger partial charge in [0.25, 0.3) is 0 Å². The first-order valence-electron chi connectivity index (χ1n) is 16.9. The zero-order valence-corrected chi connectivity index (χ0v) is 28.8. The van der Waals surface area contributed by atoms with Crippen LogP contribution in [0.4, 0.5) is 0 Å². The highest BCUT2D eigenvalue weighted by Crippen LogP contribution is 2.37. The summed E-state index contributed by atoms with van der Waals surface area (Å²) in [6.45, 7) is 7.10. The number of rotatable bonds is 24. The number of Topliss-reactive ketones (excluding diaryl/α,β-unsaturated/α-hetero) is 1. The summed E-state index contributed by atoms with van der Waals surface area (Å²) in [5.74, 6) is 0.947. The topological polar surface area (TPSA) is 123 Å². The lowest BCUT2D eigenvalue weighted by molar-refractivity contribution is -0.164. The van der Waals surface area contributed by atoms with E-state index in [1.165, 1.54) is 0 Å². The molecule has 1 aliphatic rings. The van der Waals surface area contributed by atoms with Crippen molar-refractivity contribution in [2.45, 2.75) is 117 Å². The quantitative estimate of drug-likeness (QED) is 0.0533. The van der Waals surface area contributed by atoms with Crippen LogP contribution in [0.25, 0.3) is 0 Å². The third-order valence-corrected chi connectivity index (χ3v) is 9.70. The van der Waals surface area contributed by atoms with Gasteiger partial charge in [0, 0.05) is 31.8 Å². The average molecular weight is 651 g/mol. The number of hydrogen-bond donors (Lipinski definition) is 3. The van der Waals surface area contributed by atoms with Crippen LogP contribution >= 0.6 is 11.8 Å². The van der Waals surface area contributed by atoms with Crippen molar-refractivity contribution in [3.63, 3.8) is 0 Å². The fourth-order valence-electron chi connectivity index (χ4n) is 6.52. The molecule has 1 aliphatic carbocycles. The number of esters is 1. The average Bonchev–Trinajstić information content (AvgIpc) is 3.27. The molecule has 1 fully saturated rings. The summed E-state index contributed by atoms with van der Waals surface area (Å²) in [6, 6.07) is 7.90. The monoisotopic (exact) mass is 650 g/mol. The fourth-order valence-corrected chi connectivity index (χ4v) is 7.51. The Morgan fingerprint density at radius 3 is 2.42 bits per heavy atom. The van der Waals surface area contributed by atoms with Gasteiger partial charge in [0.15, 0.2) is 6.29 Å². The molecule has 0 spiro atoms. The van der Waals surface area contributed by atoms with Crippen LogP contribution in [0.5, 0.6) is 0 Å². The molecule has 1 aromatic rings. The Hall–Kier alpha value is -1.75. The van der Waals surface area contributed by atoms with Crippen LogP contribution in [0, 0.1) is 17.3 Å². The zero-order chi connectivity index (χ0) is 33.1. The Balaban J connectivity index is 1.67. The molecule has 9 heteroatoms. The van der Waals surface area contributed by atoms with Gasteiger partial charge in [0.05, 0.1) is 30.8 Å². The van der Waals surface area contributed by atoms with E-state index in [1.807, 2.05) is 30.3 Å². The van der Waals surface area contributed by atoms with E-state index in [2.05, 4.69) is 20.8 Å². The molecule has 0 saturated heterocycles. The van der Waals surface area contributed by atoms with Crippen LogP contribution in [0.15, 0.2) is 36.4 Å². The summed E-state index contributed by atoms with van der Waals surface area (Å²) in [4.78, 5) is 25.5. The SMILES string of the molecule is CCCC(CCC)(CCC)C(=O)OCCOC(O)CCCSCC[C@H]1C(=O)C[C@@H](O)C1/C=C/[C@@H](O)Cc1cccc(COC)c1. The van der Waals surface area contributed by atoms with E-state index in [0.29, 0.717) is 25.9 Å². The molecule has 2 rings (SSSR count). The van der Waals surface area contributed by atoms with E-state index in [4.69, 9.17) is 14.2 Å². The van der Waals surface area contributed by atoms with E-state index in [-0.39, 0.29) is 43.2 Å². The van der Waals surface area contributed by atoms with Gasteiger partial charge in [-0.2, -0.15) is 11.8 Å². The lowest BCUT2D eigenvalue weighted by Crippen LogP contribution is -2.34. The number of thioether (sulfide) groups is 1. The van der Waals surface area contributed by atoms with Gasteiger partial charge >= 0.3 is 5.97 Å². The van der Waals surface area contributed by atoms with E-state index in [0.717, 1.165) is 67.6 Å². The standard InChI is InChI=1S/C36H58O8S/c1-5-16-36(17-6-2,18-7-3)35(41)44-20-19-43-34(40)12-9-21-45-22-15-31-30(32(38)25-33(31)39)14-13-29(37)24-27-10-8-11-28(23-27)26-42-4/h8,10-11,13-14,23,29-32,34,37-38,40H,5-7,9,12,15-22,24-26H2,1-4H3/b14-13+/t29-,30?,31-,32-,34?/m1/s1. The van der Waals surface area contributed by atoms with Crippen LogP contribution in [0.2, 0.25) is 0 Å². The molecule has 1 saturated carbocycles. The summed E-state index contributed by atoms with van der Waals surface area (Å²) in [6.07, 6.45) is 8.96. The molecule has 0 heterocycles. The number of methoxy groups -OCH3 is 1. The van der Waals surface area contributed by atoms with Crippen LogP contribution in [-0.4, -0.2) is 77.4 Å². The highest BCUT2D eigenvalue weighted by atomic mass is 32.2. The number of benzene rings is 1. The van der Waals surface area contributed by atoms with Crippen LogP contribution in [0.3, 0.4) is 0 Å². The Labute approximate surface area is 275 Å². The predicted molar refractivity (Wildman–Crippen MR) is 180 cm³/mol. The van der Waals surface area contributed by atoms with Gasteiger partial charge < -0.3 is 29.5 Å². The Morgan fingerprint density at radius 1 is 1.07 bits per heavy atom. The highest BCUT2D eigenvalue weighted by Gasteiger charge is 2.39. The maximum absolute atomic E-state index is 12.9. The van der Waals surface area contributed by atoms with Crippen molar-refractivity contribution in [2.24, 2.45) is 17.3 Å². The summed E-state index contributed by atoms with van der Waals surface area (Å²) >= 11 is 1.71. The number of ketones is 1. The molecule has 1 aromatic carbocycles.